The van der Waals surface area contributed by atoms with Crippen LogP contribution in [-0.4, -0.2) is 42.8 Å². The van der Waals surface area contributed by atoms with Crippen molar-refractivity contribution in [2.75, 3.05) is 37.0 Å². The van der Waals surface area contributed by atoms with Crippen molar-refractivity contribution in [1.82, 2.24) is 4.98 Å². The second kappa shape index (κ2) is 7.64. The maximum absolute atomic E-state index is 11.0. The minimum Gasteiger partial charge on any atom is -0.383 e. The number of hydrogen-bond acceptors (Lipinski definition) is 6. The number of nitro groups is 1. The molecule has 1 aromatic heterocycles. The molecule has 1 rings (SSSR count). The van der Waals surface area contributed by atoms with Crippen molar-refractivity contribution in [2.24, 2.45) is 0 Å². The van der Waals surface area contributed by atoms with E-state index in [1.807, 2.05) is 25.7 Å². The summed E-state index contributed by atoms with van der Waals surface area (Å²) in [6.07, 6.45) is 0. The first-order valence-corrected chi connectivity index (χ1v) is 6.65. The van der Waals surface area contributed by atoms with Crippen molar-refractivity contribution in [2.45, 2.75) is 26.8 Å². The maximum atomic E-state index is 11.0. The molecule has 0 aliphatic carbocycles. The van der Waals surface area contributed by atoms with E-state index in [1.165, 1.54) is 12.1 Å². The molecular formula is C13H22N4O3. The highest BCUT2D eigenvalue weighted by Crippen LogP contribution is 2.24. The minimum absolute atomic E-state index is 0.0361. The highest BCUT2D eigenvalue weighted by Gasteiger charge is 2.17. The fourth-order valence-corrected chi connectivity index (χ4v) is 1.85. The van der Waals surface area contributed by atoms with Gasteiger partial charge in [0.25, 0.3) is 5.69 Å². The highest BCUT2D eigenvalue weighted by molar-refractivity contribution is 5.56. The lowest BCUT2D eigenvalue weighted by molar-refractivity contribution is -0.384. The van der Waals surface area contributed by atoms with Crippen molar-refractivity contribution in [3.8, 4) is 0 Å². The molecule has 0 radical (unpaired) electrons. The summed E-state index contributed by atoms with van der Waals surface area (Å²) in [5.74, 6) is 1.10. The average molecular weight is 282 g/mol. The second-order valence-corrected chi connectivity index (χ2v) is 4.64. The van der Waals surface area contributed by atoms with E-state index < -0.39 is 4.92 Å². The van der Waals surface area contributed by atoms with Crippen LogP contribution in [0.2, 0.25) is 0 Å². The Labute approximate surface area is 119 Å². The number of nitrogens with one attached hydrogen (secondary N) is 1. The molecule has 0 aliphatic rings. The summed E-state index contributed by atoms with van der Waals surface area (Å²) in [6, 6.07) is 3.12. The first-order valence-electron chi connectivity index (χ1n) is 6.65. The monoisotopic (exact) mass is 282 g/mol. The average Bonchev–Trinajstić information content (AvgIpc) is 2.39. The Morgan fingerprint density at radius 2 is 2.20 bits per heavy atom. The molecule has 1 aromatic rings. The first kappa shape index (κ1) is 16.2. The van der Waals surface area contributed by atoms with Crippen LogP contribution in [0.3, 0.4) is 0 Å². The van der Waals surface area contributed by atoms with Gasteiger partial charge in [-0.15, -0.1) is 0 Å². The number of aromatic nitrogens is 1. The van der Waals surface area contributed by atoms with E-state index in [4.69, 9.17) is 4.74 Å². The predicted molar refractivity (Wildman–Crippen MR) is 79.4 cm³/mol. The van der Waals surface area contributed by atoms with E-state index in [1.54, 1.807) is 7.11 Å². The largest absolute Gasteiger partial charge is 0.383 e. The Morgan fingerprint density at radius 1 is 1.50 bits per heavy atom. The normalized spacial score (nSPS) is 10.7. The number of methoxy groups -OCH3 is 1. The third kappa shape index (κ3) is 4.34. The van der Waals surface area contributed by atoms with Crippen molar-refractivity contribution < 1.29 is 9.66 Å². The molecule has 7 heteroatoms. The van der Waals surface area contributed by atoms with Gasteiger partial charge in [0.2, 0.25) is 0 Å². The molecule has 7 nitrogen and oxygen atoms in total. The highest BCUT2D eigenvalue weighted by atomic mass is 16.6. The quantitative estimate of drug-likeness (QED) is 0.582. The Kier molecular flexibility index (Phi) is 6.17. The van der Waals surface area contributed by atoms with Gasteiger partial charge < -0.3 is 15.0 Å². The van der Waals surface area contributed by atoms with Crippen molar-refractivity contribution >= 4 is 17.3 Å². The third-order valence-corrected chi connectivity index (χ3v) is 2.82. The first-order chi connectivity index (χ1) is 9.49. The molecule has 0 saturated heterocycles. The smallest absolute Gasteiger partial charge is 0.276 e. The molecule has 0 amide bonds. The third-order valence-electron chi connectivity index (χ3n) is 2.82. The van der Waals surface area contributed by atoms with E-state index in [9.17, 15) is 10.1 Å². The van der Waals surface area contributed by atoms with Gasteiger partial charge in [-0.1, -0.05) is 0 Å². The van der Waals surface area contributed by atoms with Crippen molar-refractivity contribution in [1.29, 1.82) is 0 Å². The molecule has 20 heavy (non-hydrogen) atoms. The molecule has 1 heterocycles. The van der Waals surface area contributed by atoms with Gasteiger partial charge >= 0.3 is 0 Å². The van der Waals surface area contributed by atoms with Crippen LogP contribution in [0.1, 0.15) is 20.8 Å². The molecule has 112 valence electrons. The van der Waals surface area contributed by atoms with Crippen LogP contribution >= 0.6 is 0 Å². The van der Waals surface area contributed by atoms with Gasteiger partial charge in [0.1, 0.15) is 11.6 Å². The van der Waals surface area contributed by atoms with E-state index in [2.05, 4.69) is 10.3 Å². The Bertz CT molecular complexity index is 451. The fraction of sp³-hybridized carbons (Fsp3) is 0.615. The number of hydrogen-bond donors (Lipinski definition) is 1. The molecule has 0 atom stereocenters. The van der Waals surface area contributed by atoms with Crippen molar-refractivity contribution in [3.63, 3.8) is 0 Å². The van der Waals surface area contributed by atoms with Crippen LogP contribution in [0, 0.1) is 10.1 Å². The summed E-state index contributed by atoms with van der Waals surface area (Å²) in [5, 5.41) is 14.0. The van der Waals surface area contributed by atoms with Crippen LogP contribution < -0.4 is 10.2 Å². The maximum Gasteiger partial charge on any atom is 0.276 e. The van der Waals surface area contributed by atoms with Gasteiger partial charge in [-0.05, 0) is 20.8 Å². The van der Waals surface area contributed by atoms with E-state index >= 15 is 0 Å². The molecule has 0 saturated carbocycles. The van der Waals surface area contributed by atoms with E-state index in [0.717, 1.165) is 0 Å². The van der Waals surface area contributed by atoms with Crippen LogP contribution in [0.4, 0.5) is 17.3 Å². The molecule has 0 aliphatic heterocycles. The Hall–Kier alpha value is -1.89. The summed E-state index contributed by atoms with van der Waals surface area (Å²) in [5.41, 5.74) is 0.0361. The van der Waals surface area contributed by atoms with Crippen LogP contribution in [0.25, 0.3) is 0 Å². The number of rotatable bonds is 8. The zero-order valence-corrected chi connectivity index (χ0v) is 12.4. The van der Waals surface area contributed by atoms with Crippen molar-refractivity contribution in [3.05, 3.63) is 22.2 Å². The zero-order valence-electron chi connectivity index (χ0n) is 12.4. The number of anilines is 2. The molecule has 0 unspecified atom stereocenters. The van der Waals surface area contributed by atoms with Gasteiger partial charge in [0.05, 0.1) is 23.7 Å². The lowest BCUT2D eigenvalue weighted by Gasteiger charge is -2.27. The summed E-state index contributed by atoms with van der Waals surface area (Å²) < 4.78 is 5.08. The SMILES string of the molecule is CCNc1cc([N+](=O)[O-])cc(N(CCOC)C(C)C)n1. The molecule has 0 spiro atoms. The van der Waals surface area contributed by atoms with Crippen LogP contribution in [0.15, 0.2) is 12.1 Å². The lowest BCUT2D eigenvalue weighted by atomic mass is 10.3. The second-order valence-electron chi connectivity index (χ2n) is 4.64. The standard InChI is InChI=1S/C13H22N4O3/c1-5-14-12-8-11(17(18)19)9-13(15-12)16(10(2)3)6-7-20-4/h8-10H,5-7H2,1-4H3,(H,14,15). The summed E-state index contributed by atoms with van der Waals surface area (Å²) in [7, 11) is 1.63. The topological polar surface area (TPSA) is 80.5 Å². The Morgan fingerprint density at radius 3 is 2.70 bits per heavy atom. The van der Waals surface area contributed by atoms with Gasteiger partial charge in [0.15, 0.2) is 0 Å². The summed E-state index contributed by atoms with van der Waals surface area (Å²) >= 11 is 0. The van der Waals surface area contributed by atoms with Gasteiger partial charge in [0, 0.05) is 26.2 Å². The molecular weight excluding hydrogens is 260 g/mol. The Balaban J connectivity index is 3.14. The van der Waals surface area contributed by atoms with E-state index in [0.29, 0.717) is 31.3 Å². The van der Waals surface area contributed by atoms with E-state index in [-0.39, 0.29) is 11.7 Å². The fourth-order valence-electron chi connectivity index (χ4n) is 1.85. The predicted octanol–water partition coefficient (Wildman–Crippen LogP) is 2.28. The summed E-state index contributed by atoms with van der Waals surface area (Å²) in [4.78, 5) is 17.0. The number of ether oxygens (including phenoxy) is 1. The molecule has 0 aromatic carbocycles. The molecule has 0 fully saturated rings. The lowest BCUT2D eigenvalue weighted by Crippen LogP contribution is -2.34. The van der Waals surface area contributed by atoms with Gasteiger partial charge in [-0.25, -0.2) is 4.98 Å². The van der Waals surface area contributed by atoms with Crippen LogP contribution in [-0.2, 0) is 4.74 Å². The molecule has 0 bridgehead atoms. The zero-order chi connectivity index (χ0) is 15.1. The summed E-state index contributed by atoms with van der Waals surface area (Å²) in [6.45, 7) is 7.79. The van der Waals surface area contributed by atoms with Gasteiger partial charge in [-0.2, -0.15) is 0 Å². The minimum atomic E-state index is -0.402. The number of pyridine rings is 1. The molecule has 1 N–H and O–H groups in total. The van der Waals surface area contributed by atoms with Gasteiger partial charge in [-0.3, -0.25) is 10.1 Å². The van der Waals surface area contributed by atoms with Crippen LogP contribution in [0.5, 0.6) is 0 Å². The number of nitrogens with zero attached hydrogens (tertiary/aromatic N) is 3.